The minimum atomic E-state index is 0.0690. The molecule has 3 rings (SSSR count). The lowest BCUT2D eigenvalue weighted by Gasteiger charge is -2.26. The Bertz CT molecular complexity index is 558. The highest BCUT2D eigenvalue weighted by molar-refractivity contribution is 5.97. The van der Waals surface area contributed by atoms with E-state index in [0.717, 1.165) is 31.6 Å². The Morgan fingerprint density at radius 3 is 2.52 bits per heavy atom. The second-order valence-corrected chi connectivity index (χ2v) is 6.84. The SMILES string of the molecule is O=C(CC1CCCC1)Nc1cccc(C(=O)N2CCCCC2)c1. The van der Waals surface area contributed by atoms with Crippen molar-refractivity contribution in [1.82, 2.24) is 4.90 Å². The summed E-state index contributed by atoms with van der Waals surface area (Å²) in [6.07, 6.45) is 8.82. The van der Waals surface area contributed by atoms with Crippen LogP contribution in [0, 0.1) is 5.92 Å². The molecular weight excluding hydrogens is 288 g/mol. The van der Waals surface area contributed by atoms with Crippen LogP contribution in [-0.2, 0) is 4.79 Å². The van der Waals surface area contributed by atoms with Crippen LogP contribution >= 0.6 is 0 Å². The predicted octanol–water partition coefficient (Wildman–Crippen LogP) is 3.83. The maximum absolute atomic E-state index is 12.5. The molecule has 0 bridgehead atoms. The van der Waals surface area contributed by atoms with Crippen molar-refractivity contribution in [2.24, 2.45) is 5.92 Å². The fraction of sp³-hybridized carbons (Fsp3) is 0.579. The molecule has 1 saturated heterocycles. The van der Waals surface area contributed by atoms with Gasteiger partial charge in [-0.15, -0.1) is 0 Å². The first kappa shape index (κ1) is 16.0. The number of piperidine rings is 1. The number of hydrogen-bond acceptors (Lipinski definition) is 2. The van der Waals surface area contributed by atoms with Gasteiger partial charge >= 0.3 is 0 Å². The van der Waals surface area contributed by atoms with Crippen molar-refractivity contribution >= 4 is 17.5 Å². The minimum absolute atomic E-state index is 0.0690. The number of carbonyl (C=O) groups excluding carboxylic acids is 2. The molecule has 2 fully saturated rings. The van der Waals surface area contributed by atoms with E-state index in [0.29, 0.717) is 17.9 Å². The molecule has 4 nitrogen and oxygen atoms in total. The molecule has 0 unspecified atom stereocenters. The lowest BCUT2D eigenvalue weighted by Crippen LogP contribution is -2.35. The molecule has 4 heteroatoms. The van der Waals surface area contributed by atoms with Gasteiger partial charge in [0.05, 0.1) is 0 Å². The zero-order chi connectivity index (χ0) is 16.1. The molecule has 1 saturated carbocycles. The molecule has 1 aromatic carbocycles. The van der Waals surface area contributed by atoms with Crippen LogP contribution in [0.1, 0.15) is 61.7 Å². The summed E-state index contributed by atoms with van der Waals surface area (Å²) in [6.45, 7) is 1.69. The van der Waals surface area contributed by atoms with E-state index in [1.165, 1.54) is 32.1 Å². The maximum atomic E-state index is 12.5. The molecule has 2 amide bonds. The quantitative estimate of drug-likeness (QED) is 0.918. The Morgan fingerprint density at radius 1 is 1.04 bits per heavy atom. The lowest BCUT2D eigenvalue weighted by molar-refractivity contribution is -0.117. The molecule has 0 aromatic heterocycles. The monoisotopic (exact) mass is 314 g/mol. The third kappa shape index (κ3) is 4.34. The van der Waals surface area contributed by atoms with Gasteiger partial charge in [-0.3, -0.25) is 9.59 Å². The summed E-state index contributed by atoms with van der Waals surface area (Å²) in [6, 6.07) is 7.36. The van der Waals surface area contributed by atoms with Crippen LogP contribution in [0.4, 0.5) is 5.69 Å². The number of rotatable bonds is 4. The summed E-state index contributed by atoms with van der Waals surface area (Å²) in [7, 11) is 0. The van der Waals surface area contributed by atoms with Gasteiger partial charge in [0.15, 0.2) is 0 Å². The molecule has 2 aliphatic rings. The van der Waals surface area contributed by atoms with Crippen LogP contribution in [0.3, 0.4) is 0 Å². The third-order valence-corrected chi connectivity index (χ3v) is 4.99. The highest BCUT2D eigenvalue weighted by atomic mass is 16.2. The molecule has 1 heterocycles. The summed E-state index contributed by atoms with van der Waals surface area (Å²) in [5, 5.41) is 2.96. The molecule has 23 heavy (non-hydrogen) atoms. The first-order valence-electron chi connectivity index (χ1n) is 8.91. The van der Waals surface area contributed by atoms with Crippen molar-refractivity contribution in [3.8, 4) is 0 Å². The van der Waals surface area contributed by atoms with Crippen molar-refractivity contribution in [3.63, 3.8) is 0 Å². The molecule has 124 valence electrons. The zero-order valence-corrected chi connectivity index (χ0v) is 13.7. The van der Waals surface area contributed by atoms with Crippen molar-refractivity contribution < 1.29 is 9.59 Å². The number of carbonyl (C=O) groups is 2. The van der Waals surface area contributed by atoms with Gasteiger partial charge in [-0.05, 0) is 56.2 Å². The van der Waals surface area contributed by atoms with E-state index in [-0.39, 0.29) is 11.8 Å². The topological polar surface area (TPSA) is 49.4 Å². The average molecular weight is 314 g/mol. The number of nitrogens with zero attached hydrogens (tertiary/aromatic N) is 1. The van der Waals surface area contributed by atoms with E-state index < -0.39 is 0 Å². The van der Waals surface area contributed by atoms with Gasteiger partial charge in [0.25, 0.3) is 5.91 Å². The van der Waals surface area contributed by atoms with Gasteiger partial charge < -0.3 is 10.2 Å². The van der Waals surface area contributed by atoms with Crippen LogP contribution in [0.25, 0.3) is 0 Å². The number of hydrogen-bond donors (Lipinski definition) is 1. The summed E-state index contributed by atoms with van der Waals surface area (Å²) in [4.78, 5) is 26.6. The first-order valence-corrected chi connectivity index (χ1v) is 8.91. The van der Waals surface area contributed by atoms with E-state index in [4.69, 9.17) is 0 Å². The summed E-state index contributed by atoms with van der Waals surface area (Å²) in [5.74, 6) is 0.684. The summed E-state index contributed by atoms with van der Waals surface area (Å²) in [5.41, 5.74) is 1.40. The van der Waals surface area contributed by atoms with Gasteiger partial charge in [0.2, 0.25) is 5.91 Å². The van der Waals surface area contributed by atoms with E-state index in [1.807, 2.05) is 29.2 Å². The van der Waals surface area contributed by atoms with Gasteiger partial charge in [0, 0.05) is 30.8 Å². The Balaban J connectivity index is 1.60. The van der Waals surface area contributed by atoms with E-state index in [2.05, 4.69) is 5.32 Å². The fourth-order valence-corrected chi connectivity index (χ4v) is 3.70. The van der Waals surface area contributed by atoms with Crippen molar-refractivity contribution in [2.45, 2.75) is 51.4 Å². The fourth-order valence-electron chi connectivity index (χ4n) is 3.70. The average Bonchev–Trinajstić information content (AvgIpc) is 3.08. The number of benzene rings is 1. The van der Waals surface area contributed by atoms with Gasteiger partial charge in [-0.2, -0.15) is 0 Å². The number of nitrogens with one attached hydrogen (secondary N) is 1. The Morgan fingerprint density at radius 2 is 1.78 bits per heavy atom. The van der Waals surface area contributed by atoms with Gasteiger partial charge in [-0.25, -0.2) is 0 Å². The molecule has 0 spiro atoms. The van der Waals surface area contributed by atoms with E-state index >= 15 is 0 Å². The van der Waals surface area contributed by atoms with Crippen LogP contribution in [-0.4, -0.2) is 29.8 Å². The third-order valence-electron chi connectivity index (χ3n) is 4.99. The summed E-state index contributed by atoms with van der Waals surface area (Å²) < 4.78 is 0. The second kappa shape index (κ2) is 7.62. The molecule has 1 aromatic rings. The molecule has 0 radical (unpaired) electrons. The molecule has 1 aliphatic heterocycles. The second-order valence-electron chi connectivity index (χ2n) is 6.84. The van der Waals surface area contributed by atoms with Crippen LogP contribution in [0.15, 0.2) is 24.3 Å². The molecule has 0 atom stereocenters. The van der Waals surface area contributed by atoms with Crippen molar-refractivity contribution in [3.05, 3.63) is 29.8 Å². The Labute approximate surface area is 138 Å². The van der Waals surface area contributed by atoms with Crippen LogP contribution in [0.5, 0.6) is 0 Å². The van der Waals surface area contributed by atoms with Crippen molar-refractivity contribution in [2.75, 3.05) is 18.4 Å². The Kier molecular flexibility index (Phi) is 5.31. The first-order chi connectivity index (χ1) is 11.2. The number of amides is 2. The minimum Gasteiger partial charge on any atom is -0.339 e. The molecular formula is C19H26N2O2. The predicted molar refractivity (Wildman–Crippen MR) is 91.4 cm³/mol. The number of likely N-dealkylation sites (tertiary alicyclic amines) is 1. The molecule has 1 aliphatic carbocycles. The maximum Gasteiger partial charge on any atom is 0.253 e. The molecule has 1 N–H and O–H groups in total. The lowest BCUT2D eigenvalue weighted by atomic mass is 10.0. The van der Waals surface area contributed by atoms with Crippen molar-refractivity contribution in [1.29, 1.82) is 0 Å². The van der Waals surface area contributed by atoms with Gasteiger partial charge in [0.1, 0.15) is 0 Å². The number of anilines is 1. The van der Waals surface area contributed by atoms with E-state index in [1.54, 1.807) is 0 Å². The van der Waals surface area contributed by atoms with Gasteiger partial charge in [-0.1, -0.05) is 18.9 Å². The standard InChI is InChI=1S/C19H26N2O2/c22-18(13-15-7-2-3-8-15)20-17-10-6-9-16(14-17)19(23)21-11-4-1-5-12-21/h6,9-10,14-15H,1-5,7-8,11-13H2,(H,20,22). The largest absolute Gasteiger partial charge is 0.339 e. The highest BCUT2D eigenvalue weighted by Crippen LogP contribution is 2.27. The summed E-state index contributed by atoms with van der Waals surface area (Å²) >= 11 is 0. The zero-order valence-electron chi connectivity index (χ0n) is 13.7. The Hall–Kier alpha value is -1.84. The normalized spacial score (nSPS) is 18.9. The van der Waals surface area contributed by atoms with Crippen LogP contribution in [0.2, 0.25) is 0 Å². The highest BCUT2D eigenvalue weighted by Gasteiger charge is 2.20. The van der Waals surface area contributed by atoms with Crippen LogP contribution < -0.4 is 5.32 Å². The van der Waals surface area contributed by atoms with E-state index in [9.17, 15) is 9.59 Å². The smallest absolute Gasteiger partial charge is 0.253 e.